The Labute approximate surface area is 166 Å². The summed E-state index contributed by atoms with van der Waals surface area (Å²) < 4.78 is 1.62. The van der Waals surface area contributed by atoms with E-state index in [2.05, 4.69) is 15.6 Å². The van der Waals surface area contributed by atoms with Crippen molar-refractivity contribution < 1.29 is 24.9 Å². The van der Waals surface area contributed by atoms with Gasteiger partial charge in [0, 0.05) is 6.54 Å². The molecule has 3 heterocycles. The molecule has 29 heavy (non-hydrogen) atoms. The van der Waals surface area contributed by atoms with Crippen LogP contribution in [-0.4, -0.2) is 84.5 Å². The van der Waals surface area contributed by atoms with Crippen LogP contribution < -0.4 is 5.32 Å². The first-order chi connectivity index (χ1) is 14.0. The number of carbonyl (C=O) groups excluding carboxylic acids is 2. The summed E-state index contributed by atoms with van der Waals surface area (Å²) in [5.74, 6) is -0.556. The SMILES string of the molecule is O=C1c2ccccc2C(=O)N1CCCc1cnnn1C[C@H]1N[C@H](CO)[C@@H](O)[C@@H]1O. The minimum Gasteiger partial charge on any atom is -0.395 e. The molecule has 0 radical (unpaired) electrons. The lowest BCUT2D eigenvalue weighted by molar-refractivity contribution is 0.0174. The second-order valence-corrected chi connectivity index (χ2v) is 7.36. The van der Waals surface area contributed by atoms with Crippen LogP contribution in [0.2, 0.25) is 0 Å². The highest BCUT2D eigenvalue weighted by Gasteiger charge is 2.41. The summed E-state index contributed by atoms with van der Waals surface area (Å²) in [5.41, 5.74) is 1.66. The Bertz CT molecular complexity index is 881. The number of benzene rings is 1. The monoisotopic (exact) mass is 401 g/mol. The first-order valence-corrected chi connectivity index (χ1v) is 9.57. The lowest BCUT2D eigenvalue weighted by Gasteiger charge is -2.17. The third-order valence-corrected chi connectivity index (χ3v) is 5.56. The van der Waals surface area contributed by atoms with Crippen molar-refractivity contribution in [3.63, 3.8) is 0 Å². The summed E-state index contributed by atoms with van der Waals surface area (Å²) in [7, 11) is 0. The molecule has 1 aromatic carbocycles. The van der Waals surface area contributed by atoms with Crippen molar-refractivity contribution in [2.24, 2.45) is 0 Å². The van der Waals surface area contributed by atoms with E-state index in [0.29, 0.717) is 24.0 Å². The Balaban J connectivity index is 1.35. The Morgan fingerprint density at radius 2 is 1.69 bits per heavy atom. The second-order valence-electron chi connectivity index (χ2n) is 7.36. The summed E-state index contributed by atoms with van der Waals surface area (Å²) in [6, 6.07) is 5.73. The lowest BCUT2D eigenvalue weighted by atomic mass is 10.1. The average Bonchev–Trinajstić information content (AvgIpc) is 3.36. The number of hydrogen-bond donors (Lipinski definition) is 4. The van der Waals surface area contributed by atoms with Gasteiger partial charge in [0.25, 0.3) is 11.8 Å². The van der Waals surface area contributed by atoms with Gasteiger partial charge in [0.15, 0.2) is 0 Å². The molecule has 154 valence electrons. The maximum absolute atomic E-state index is 12.4. The van der Waals surface area contributed by atoms with E-state index < -0.39 is 24.3 Å². The van der Waals surface area contributed by atoms with E-state index in [9.17, 15) is 24.9 Å². The van der Waals surface area contributed by atoms with Crippen LogP contribution in [0.1, 0.15) is 32.8 Å². The van der Waals surface area contributed by atoms with E-state index >= 15 is 0 Å². The number of aliphatic hydroxyl groups excluding tert-OH is 3. The highest BCUT2D eigenvalue weighted by molar-refractivity contribution is 6.21. The number of carbonyl (C=O) groups is 2. The first-order valence-electron chi connectivity index (χ1n) is 9.57. The molecular weight excluding hydrogens is 378 g/mol. The predicted molar refractivity (Wildman–Crippen MR) is 100.0 cm³/mol. The quantitative estimate of drug-likeness (QED) is 0.414. The highest BCUT2D eigenvalue weighted by Crippen LogP contribution is 2.23. The number of hydrogen-bond acceptors (Lipinski definition) is 8. The number of nitrogens with one attached hydrogen (secondary N) is 1. The van der Waals surface area contributed by atoms with Crippen LogP contribution in [-0.2, 0) is 13.0 Å². The zero-order valence-corrected chi connectivity index (χ0v) is 15.7. The van der Waals surface area contributed by atoms with Crippen LogP contribution in [0.4, 0.5) is 0 Å². The molecule has 0 bridgehead atoms. The van der Waals surface area contributed by atoms with E-state index in [1.807, 2.05) is 0 Å². The predicted octanol–water partition coefficient (Wildman–Crippen LogP) is -1.44. The van der Waals surface area contributed by atoms with Crippen molar-refractivity contribution in [1.82, 2.24) is 25.2 Å². The van der Waals surface area contributed by atoms with Crippen molar-refractivity contribution in [3.8, 4) is 0 Å². The Morgan fingerprint density at radius 1 is 1.03 bits per heavy atom. The van der Waals surface area contributed by atoms with Crippen LogP contribution >= 0.6 is 0 Å². The zero-order chi connectivity index (χ0) is 20.5. The molecule has 2 aliphatic heterocycles. The Hall–Kier alpha value is -2.66. The van der Waals surface area contributed by atoms with Crippen LogP contribution in [0, 0.1) is 0 Å². The van der Waals surface area contributed by atoms with E-state index in [0.717, 1.165) is 5.69 Å². The van der Waals surface area contributed by atoms with Crippen LogP contribution in [0.5, 0.6) is 0 Å². The summed E-state index contributed by atoms with van der Waals surface area (Å²) in [6.07, 6.45) is 0.605. The fourth-order valence-corrected chi connectivity index (χ4v) is 3.94. The van der Waals surface area contributed by atoms with Gasteiger partial charge in [-0.2, -0.15) is 0 Å². The largest absolute Gasteiger partial charge is 0.395 e. The van der Waals surface area contributed by atoms with Crippen molar-refractivity contribution in [2.45, 2.75) is 43.7 Å². The maximum atomic E-state index is 12.4. The van der Waals surface area contributed by atoms with Crippen molar-refractivity contribution >= 4 is 11.8 Å². The Kier molecular flexibility index (Phi) is 5.41. The van der Waals surface area contributed by atoms with Gasteiger partial charge in [-0.25, -0.2) is 4.68 Å². The number of amides is 2. The number of nitrogens with zero attached hydrogens (tertiary/aromatic N) is 4. The highest BCUT2D eigenvalue weighted by atomic mass is 16.3. The molecule has 1 fully saturated rings. The van der Waals surface area contributed by atoms with Crippen LogP contribution in [0.25, 0.3) is 0 Å². The molecule has 0 aliphatic carbocycles. The number of aliphatic hydroxyl groups is 3. The number of rotatable bonds is 7. The average molecular weight is 401 g/mol. The molecule has 4 N–H and O–H groups in total. The van der Waals surface area contributed by atoms with Gasteiger partial charge in [-0.1, -0.05) is 17.3 Å². The van der Waals surface area contributed by atoms with Crippen LogP contribution in [0.3, 0.4) is 0 Å². The van der Waals surface area contributed by atoms with Gasteiger partial charge in [0.05, 0.1) is 60.5 Å². The van der Waals surface area contributed by atoms with Crippen molar-refractivity contribution in [2.75, 3.05) is 13.2 Å². The van der Waals surface area contributed by atoms with Gasteiger partial charge >= 0.3 is 0 Å². The minimum absolute atomic E-state index is 0.275. The molecule has 1 saturated heterocycles. The van der Waals surface area contributed by atoms with Crippen molar-refractivity contribution in [1.29, 1.82) is 0 Å². The van der Waals surface area contributed by atoms with Crippen LogP contribution in [0.15, 0.2) is 30.5 Å². The summed E-state index contributed by atoms with van der Waals surface area (Å²) >= 11 is 0. The smallest absolute Gasteiger partial charge is 0.261 e. The molecule has 4 rings (SSSR count). The molecule has 2 amide bonds. The number of aryl methyl sites for hydroxylation is 1. The van der Waals surface area contributed by atoms with E-state index in [4.69, 9.17) is 0 Å². The zero-order valence-electron chi connectivity index (χ0n) is 15.7. The molecule has 10 nitrogen and oxygen atoms in total. The summed E-state index contributed by atoms with van der Waals surface area (Å²) in [4.78, 5) is 26.1. The topological polar surface area (TPSA) is 141 Å². The van der Waals surface area contributed by atoms with E-state index in [1.54, 1.807) is 35.1 Å². The van der Waals surface area contributed by atoms with Gasteiger partial charge in [0.2, 0.25) is 0 Å². The third-order valence-electron chi connectivity index (χ3n) is 5.56. The number of aromatic nitrogens is 3. The second kappa shape index (κ2) is 7.99. The number of fused-ring (bicyclic) bond motifs is 1. The van der Waals surface area contributed by atoms with E-state index in [1.165, 1.54) is 4.90 Å². The molecule has 0 saturated carbocycles. The van der Waals surface area contributed by atoms with E-state index in [-0.39, 0.29) is 31.5 Å². The lowest BCUT2D eigenvalue weighted by Crippen LogP contribution is -2.38. The molecule has 1 aromatic heterocycles. The summed E-state index contributed by atoms with van der Waals surface area (Å²) in [5, 5.41) is 40.2. The van der Waals surface area contributed by atoms with Gasteiger partial charge < -0.3 is 20.6 Å². The first kappa shape index (κ1) is 19.6. The number of imide groups is 1. The molecule has 10 heteroatoms. The third kappa shape index (κ3) is 3.55. The van der Waals surface area contributed by atoms with Gasteiger partial charge in [-0.3, -0.25) is 14.5 Å². The Morgan fingerprint density at radius 3 is 2.31 bits per heavy atom. The normalized spacial score (nSPS) is 26.4. The molecular formula is C19H23N5O5. The molecule has 2 aromatic rings. The maximum Gasteiger partial charge on any atom is 0.261 e. The summed E-state index contributed by atoms with van der Waals surface area (Å²) in [6.45, 7) is 0.281. The van der Waals surface area contributed by atoms with Gasteiger partial charge in [0.1, 0.15) is 0 Å². The fraction of sp³-hybridized carbons (Fsp3) is 0.474. The molecule has 2 aliphatic rings. The molecule has 0 unspecified atom stereocenters. The fourth-order valence-electron chi connectivity index (χ4n) is 3.94. The molecule has 4 atom stereocenters. The van der Waals surface area contributed by atoms with Gasteiger partial charge in [-0.15, -0.1) is 5.10 Å². The molecule has 0 spiro atoms. The minimum atomic E-state index is -1.05. The standard InChI is InChI=1S/C19H23N5O5/c25-10-15-17(27)16(26)14(21-15)9-24-11(8-20-22-24)4-3-7-23-18(28)12-5-1-2-6-13(12)19(23)29/h1-2,5-6,8,14-17,21,25-27H,3-4,7,9-10H2/t14-,15-,16-,17-/m1/s1. The van der Waals surface area contributed by atoms with Crippen molar-refractivity contribution in [3.05, 3.63) is 47.3 Å². The van der Waals surface area contributed by atoms with Gasteiger partial charge in [-0.05, 0) is 25.0 Å².